The zero-order valence-corrected chi connectivity index (χ0v) is 12.5. The minimum Gasteiger partial charge on any atom is -0.0984 e. The largest absolute Gasteiger partial charge is 0.0984 e. The van der Waals surface area contributed by atoms with Gasteiger partial charge in [-0.2, -0.15) is 0 Å². The van der Waals surface area contributed by atoms with E-state index < -0.39 is 0 Å². The van der Waals surface area contributed by atoms with E-state index in [-0.39, 0.29) is 0 Å². The smallest absolute Gasteiger partial charge is 0.0184 e. The Balaban J connectivity index is 2.76. The van der Waals surface area contributed by atoms with Crippen LogP contribution in [0.4, 0.5) is 0 Å². The first-order valence-corrected chi connectivity index (χ1v) is 7.28. The molecule has 0 N–H and O–H groups in total. The number of unbranched alkanes of at least 4 members (excludes halogenated alkanes) is 2. The van der Waals surface area contributed by atoms with Gasteiger partial charge in [0.15, 0.2) is 0 Å². The summed E-state index contributed by atoms with van der Waals surface area (Å²) in [6.07, 6.45) is 12.1. The fourth-order valence-electron chi connectivity index (χ4n) is 1.93. The van der Waals surface area contributed by atoms with E-state index in [4.69, 9.17) is 0 Å². The van der Waals surface area contributed by atoms with Gasteiger partial charge in [-0.05, 0) is 29.0 Å². The first-order chi connectivity index (χ1) is 9.19. The highest BCUT2D eigenvalue weighted by Crippen LogP contribution is 2.20. The summed E-state index contributed by atoms with van der Waals surface area (Å²) in [5, 5.41) is 0. The number of allylic oxidation sites excluding steroid dienone is 5. The van der Waals surface area contributed by atoms with Crippen molar-refractivity contribution in [2.45, 2.75) is 46.0 Å². The minimum atomic E-state index is 0.583. The molecule has 0 heteroatoms. The Morgan fingerprint density at radius 1 is 1.21 bits per heavy atom. The van der Waals surface area contributed by atoms with E-state index in [2.05, 4.69) is 69.8 Å². The second kappa shape index (κ2) is 8.53. The van der Waals surface area contributed by atoms with Gasteiger partial charge in [0.2, 0.25) is 0 Å². The monoisotopic (exact) mass is 254 g/mol. The molecule has 0 heterocycles. The maximum Gasteiger partial charge on any atom is -0.0184 e. The van der Waals surface area contributed by atoms with Crippen molar-refractivity contribution >= 4 is 5.57 Å². The minimum absolute atomic E-state index is 0.583. The van der Waals surface area contributed by atoms with Crippen LogP contribution in [-0.4, -0.2) is 0 Å². The molecule has 0 saturated carbocycles. The molecule has 0 nitrogen and oxygen atoms in total. The van der Waals surface area contributed by atoms with Gasteiger partial charge >= 0.3 is 0 Å². The number of hydrogen-bond donors (Lipinski definition) is 0. The molecule has 0 unspecified atom stereocenters. The van der Waals surface area contributed by atoms with Crippen LogP contribution in [0.1, 0.15) is 57.1 Å². The van der Waals surface area contributed by atoms with Crippen LogP contribution in [0.2, 0.25) is 0 Å². The Hall–Kier alpha value is -1.56. The highest BCUT2D eigenvalue weighted by Gasteiger charge is 2.00. The summed E-state index contributed by atoms with van der Waals surface area (Å²) in [6.45, 7) is 10.6. The molecule has 1 aromatic carbocycles. The van der Waals surface area contributed by atoms with E-state index in [0.29, 0.717) is 5.92 Å². The average Bonchev–Trinajstić information content (AvgIpc) is 2.43. The van der Waals surface area contributed by atoms with E-state index in [1.165, 1.54) is 29.5 Å². The van der Waals surface area contributed by atoms with Crippen LogP contribution in [-0.2, 0) is 0 Å². The quantitative estimate of drug-likeness (QED) is 0.406. The van der Waals surface area contributed by atoms with Gasteiger partial charge < -0.3 is 0 Å². The Kier molecular flexibility index (Phi) is 6.95. The number of rotatable bonds is 7. The first kappa shape index (κ1) is 15.5. The van der Waals surface area contributed by atoms with E-state index >= 15 is 0 Å². The number of benzene rings is 1. The Labute approximate surface area is 118 Å². The van der Waals surface area contributed by atoms with Crippen LogP contribution >= 0.6 is 0 Å². The van der Waals surface area contributed by atoms with Gasteiger partial charge in [-0.1, -0.05) is 88.8 Å². The molecule has 0 bridgehead atoms. The Morgan fingerprint density at radius 2 is 1.89 bits per heavy atom. The Morgan fingerprint density at radius 3 is 2.42 bits per heavy atom. The highest BCUT2D eigenvalue weighted by molar-refractivity contribution is 5.74. The SMILES string of the molecule is C=C/C(=C\C=C/CCCC)c1ccc(C(C)C)cc1. The predicted molar refractivity (Wildman–Crippen MR) is 87.4 cm³/mol. The van der Waals surface area contributed by atoms with Crippen LogP contribution in [0.15, 0.2) is 55.1 Å². The summed E-state index contributed by atoms with van der Waals surface area (Å²) < 4.78 is 0. The van der Waals surface area contributed by atoms with Crippen molar-refractivity contribution in [2.24, 2.45) is 0 Å². The fourth-order valence-corrected chi connectivity index (χ4v) is 1.93. The topological polar surface area (TPSA) is 0 Å². The first-order valence-electron chi connectivity index (χ1n) is 7.28. The van der Waals surface area contributed by atoms with Crippen molar-refractivity contribution in [3.63, 3.8) is 0 Å². The van der Waals surface area contributed by atoms with Crippen molar-refractivity contribution in [3.8, 4) is 0 Å². The summed E-state index contributed by atoms with van der Waals surface area (Å²) in [6, 6.07) is 8.78. The molecular weight excluding hydrogens is 228 g/mol. The standard InChI is InChI=1S/C19H26/c1-5-7-8-9-10-11-17(6-2)19-14-12-18(13-15-19)16(3)4/h6,9-16H,2,5,7-8H2,1,3-4H3/b10-9-,17-11+. The van der Waals surface area contributed by atoms with Crippen molar-refractivity contribution < 1.29 is 0 Å². The molecule has 0 saturated heterocycles. The lowest BCUT2D eigenvalue weighted by molar-refractivity contribution is 0.815. The molecule has 0 radical (unpaired) electrons. The molecule has 0 atom stereocenters. The second-order valence-corrected chi connectivity index (χ2v) is 5.17. The third-order valence-electron chi connectivity index (χ3n) is 3.27. The van der Waals surface area contributed by atoms with Crippen molar-refractivity contribution in [3.05, 3.63) is 66.3 Å². The van der Waals surface area contributed by atoms with Crippen LogP contribution in [0, 0.1) is 0 Å². The summed E-state index contributed by atoms with van der Waals surface area (Å²) >= 11 is 0. The van der Waals surface area contributed by atoms with Gasteiger partial charge in [-0.25, -0.2) is 0 Å². The number of hydrogen-bond acceptors (Lipinski definition) is 0. The van der Waals surface area contributed by atoms with Crippen LogP contribution in [0.5, 0.6) is 0 Å². The van der Waals surface area contributed by atoms with E-state index in [0.717, 1.165) is 6.42 Å². The fraction of sp³-hybridized carbons (Fsp3) is 0.368. The summed E-state index contributed by atoms with van der Waals surface area (Å²) in [7, 11) is 0. The molecule has 0 spiro atoms. The molecule has 0 aromatic heterocycles. The van der Waals surface area contributed by atoms with E-state index in [1.54, 1.807) is 0 Å². The van der Waals surface area contributed by atoms with Crippen LogP contribution in [0.3, 0.4) is 0 Å². The predicted octanol–water partition coefficient (Wildman–Crippen LogP) is 6.13. The van der Waals surface area contributed by atoms with Gasteiger partial charge in [0.05, 0.1) is 0 Å². The Bertz CT molecular complexity index is 430. The summed E-state index contributed by atoms with van der Waals surface area (Å²) in [5.41, 5.74) is 3.80. The molecule has 1 aromatic rings. The third kappa shape index (κ3) is 5.30. The third-order valence-corrected chi connectivity index (χ3v) is 3.27. The molecule has 0 amide bonds. The molecular formula is C19H26. The van der Waals surface area contributed by atoms with Crippen LogP contribution in [0.25, 0.3) is 5.57 Å². The van der Waals surface area contributed by atoms with Gasteiger partial charge in [-0.15, -0.1) is 0 Å². The van der Waals surface area contributed by atoms with Crippen molar-refractivity contribution in [2.75, 3.05) is 0 Å². The normalized spacial score (nSPS) is 12.3. The van der Waals surface area contributed by atoms with E-state index in [1.807, 2.05) is 6.08 Å². The highest BCUT2D eigenvalue weighted by atomic mass is 14.1. The zero-order chi connectivity index (χ0) is 14.1. The van der Waals surface area contributed by atoms with Gasteiger partial charge in [0.25, 0.3) is 0 Å². The lowest BCUT2D eigenvalue weighted by Gasteiger charge is -2.07. The van der Waals surface area contributed by atoms with Crippen molar-refractivity contribution in [1.29, 1.82) is 0 Å². The molecule has 0 aliphatic heterocycles. The molecule has 0 fully saturated rings. The maximum atomic E-state index is 3.91. The summed E-state index contributed by atoms with van der Waals surface area (Å²) in [5.74, 6) is 0.583. The van der Waals surface area contributed by atoms with Gasteiger partial charge in [0.1, 0.15) is 0 Å². The van der Waals surface area contributed by atoms with Crippen molar-refractivity contribution in [1.82, 2.24) is 0 Å². The maximum absolute atomic E-state index is 3.91. The van der Waals surface area contributed by atoms with E-state index in [9.17, 15) is 0 Å². The van der Waals surface area contributed by atoms with Gasteiger partial charge in [0, 0.05) is 0 Å². The lowest BCUT2D eigenvalue weighted by Crippen LogP contribution is -1.87. The molecule has 102 valence electrons. The summed E-state index contributed by atoms with van der Waals surface area (Å²) in [4.78, 5) is 0. The molecule has 1 rings (SSSR count). The molecule has 0 aliphatic rings. The van der Waals surface area contributed by atoms with Gasteiger partial charge in [-0.3, -0.25) is 0 Å². The lowest BCUT2D eigenvalue weighted by atomic mass is 9.98. The second-order valence-electron chi connectivity index (χ2n) is 5.17. The molecule has 0 aliphatic carbocycles. The zero-order valence-electron chi connectivity index (χ0n) is 12.5. The van der Waals surface area contributed by atoms with Crippen LogP contribution < -0.4 is 0 Å². The average molecular weight is 254 g/mol. The molecule has 19 heavy (non-hydrogen) atoms.